The fraction of sp³-hybridized carbons (Fsp3) is 0.480. The van der Waals surface area contributed by atoms with E-state index < -0.39 is 29.1 Å². The SMILES string of the molecule is CCNC(=O)NC1(C2CNCCC2(C)C(=O)O)N=CC=CN1c1cc(C(=O)N(C)CC)c2scnc2c1. The summed E-state index contributed by atoms with van der Waals surface area (Å²) < 4.78 is 0.760. The molecule has 1 fully saturated rings. The predicted octanol–water partition coefficient (Wildman–Crippen LogP) is 2.47. The number of urea groups is 1. The van der Waals surface area contributed by atoms with Gasteiger partial charge in [0.15, 0.2) is 0 Å². The first kappa shape index (κ1) is 26.6. The van der Waals surface area contributed by atoms with Crippen molar-refractivity contribution in [3.8, 4) is 0 Å². The van der Waals surface area contributed by atoms with E-state index in [1.807, 2.05) is 13.0 Å². The molecular formula is C25H33N7O4S. The van der Waals surface area contributed by atoms with Crippen molar-refractivity contribution in [2.45, 2.75) is 33.0 Å². The van der Waals surface area contributed by atoms with E-state index in [1.165, 1.54) is 11.3 Å². The number of nitrogens with one attached hydrogen (secondary N) is 3. The molecule has 4 N–H and O–H groups in total. The average Bonchev–Trinajstić information content (AvgIpc) is 3.36. The third-order valence-corrected chi connectivity index (χ3v) is 8.13. The van der Waals surface area contributed by atoms with Gasteiger partial charge in [0.1, 0.15) is 0 Å². The van der Waals surface area contributed by atoms with Gasteiger partial charge in [-0.2, -0.15) is 0 Å². The van der Waals surface area contributed by atoms with Crippen molar-refractivity contribution in [2.75, 3.05) is 38.1 Å². The highest BCUT2D eigenvalue weighted by Gasteiger charge is 2.57. The quantitative estimate of drug-likeness (QED) is 0.434. The summed E-state index contributed by atoms with van der Waals surface area (Å²) in [4.78, 5) is 51.5. The Morgan fingerprint density at radius 3 is 2.81 bits per heavy atom. The molecule has 0 saturated carbocycles. The number of aromatic nitrogens is 1. The third-order valence-electron chi connectivity index (χ3n) is 7.25. The minimum atomic E-state index is -1.49. The van der Waals surface area contributed by atoms with Crippen LogP contribution in [0.3, 0.4) is 0 Å². The first-order chi connectivity index (χ1) is 17.7. The molecule has 0 radical (unpaired) electrons. The van der Waals surface area contributed by atoms with Crippen molar-refractivity contribution < 1.29 is 19.5 Å². The number of hydrogen-bond donors (Lipinski definition) is 4. The van der Waals surface area contributed by atoms with E-state index in [-0.39, 0.29) is 5.91 Å². The van der Waals surface area contributed by atoms with E-state index in [1.54, 1.807) is 60.8 Å². The Labute approximate surface area is 219 Å². The van der Waals surface area contributed by atoms with Gasteiger partial charge in [0.05, 0.1) is 32.6 Å². The van der Waals surface area contributed by atoms with Gasteiger partial charge in [0.2, 0.25) is 5.79 Å². The van der Waals surface area contributed by atoms with Crippen molar-refractivity contribution >= 4 is 51.4 Å². The van der Waals surface area contributed by atoms with Crippen molar-refractivity contribution in [2.24, 2.45) is 16.3 Å². The van der Waals surface area contributed by atoms with Gasteiger partial charge < -0.3 is 25.5 Å². The number of carbonyl (C=O) groups is 3. The van der Waals surface area contributed by atoms with Gasteiger partial charge in [-0.15, -0.1) is 11.3 Å². The molecule has 1 aromatic carbocycles. The van der Waals surface area contributed by atoms with E-state index in [0.717, 1.165) is 4.70 Å². The molecule has 0 bridgehead atoms. The lowest BCUT2D eigenvalue weighted by molar-refractivity contribution is -0.155. The van der Waals surface area contributed by atoms with Gasteiger partial charge >= 0.3 is 12.0 Å². The number of thiazole rings is 1. The number of aliphatic carboxylic acids is 1. The zero-order chi connectivity index (χ0) is 26.8. The maximum atomic E-state index is 13.3. The van der Waals surface area contributed by atoms with Crippen LogP contribution in [0.5, 0.6) is 0 Å². The molecule has 3 unspecified atom stereocenters. The second kappa shape index (κ2) is 10.5. The number of benzene rings is 1. The first-order valence-corrected chi connectivity index (χ1v) is 13.2. The van der Waals surface area contributed by atoms with Crippen molar-refractivity contribution in [3.63, 3.8) is 0 Å². The van der Waals surface area contributed by atoms with Crippen molar-refractivity contribution in [1.82, 2.24) is 25.8 Å². The summed E-state index contributed by atoms with van der Waals surface area (Å²) in [7, 11) is 1.74. The number of rotatable bonds is 7. The maximum absolute atomic E-state index is 13.3. The molecule has 0 spiro atoms. The molecule has 1 aromatic heterocycles. The lowest BCUT2D eigenvalue weighted by Gasteiger charge is -2.52. The van der Waals surface area contributed by atoms with Gasteiger partial charge in [-0.25, -0.2) is 14.8 Å². The van der Waals surface area contributed by atoms with Crippen LogP contribution < -0.4 is 20.9 Å². The Morgan fingerprint density at radius 2 is 2.11 bits per heavy atom. The molecule has 2 aromatic rings. The number of amides is 3. The summed E-state index contributed by atoms with van der Waals surface area (Å²) in [6.07, 6.45) is 5.39. The lowest BCUT2D eigenvalue weighted by atomic mass is 9.68. The van der Waals surface area contributed by atoms with Gasteiger partial charge in [0, 0.05) is 44.8 Å². The minimum Gasteiger partial charge on any atom is -0.481 e. The highest BCUT2D eigenvalue weighted by Crippen LogP contribution is 2.45. The molecule has 4 rings (SSSR count). The predicted molar refractivity (Wildman–Crippen MR) is 144 cm³/mol. The number of hydrogen-bond acceptors (Lipinski definition) is 8. The summed E-state index contributed by atoms with van der Waals surface area (Å²) in [6, 6.07) is 3.13. The number of piperidine rings is 1. The van der Waals surface area contributed by atoms with Crippen LogP contribution in [0.15, 0.2) is 34.9 Å². The molecule has 1 saturated heterocycles. The maximum Gasteiger partial charge on any atom is 0.318 e. The monoisotopic (exact) mass is 527 g/mol. The second-order valence-electron chi connectivity index (χ2n) is 9.44. The summed E-state index contributed by atoms with van der Waals surface area (Å²) in [6.45, 7) is 7.15. The first-order valence-electron chi connectivity index (χ1n) is 12.3. The highest BCUT2D eigenvalue weighted by atomic mass is 32.1. The Hall–Kier alpha value is -3.51. The van der Waals surface area contributed by atoms with Crippen LogP contribution in [0.2, 0.25) is 0 Å². The Balaban J connectivity index is 1.93. The average molecular weight is 528 g/mol. The Morgan fingerprint density at radius 1 is 1.32 bits per heavy atom. The van der Waals surface area contributed by atoms with Crippen LogP contribution in [-0.2, 0) is 4.79 Å². The molecule has 2 aliphatic heterocycles. The molecule has 12 heteroatoms. The van der Waals surface area contributed by atoms with Crippen molar-refractivity contribution in [1.29, 1.82) is 0 Å². The van der Waals surface area contributed by atoms with Gasteiger partial charge in [-0.1, -0.05) is 0 Å². The Kier molecular flexibility index (Phi) is 7.51. The lowest BCUT2D eigenvalue weighted by Crippen LogP contribution is -2.71. The molecular weight excluding hydrogens is 494 g/mol. The highest BCUT2D eigenvalue weighted by molar-refractivity contribution is 7.17. The standard InChI is InChI=1S/C25H33N7O4S/c1-5-27-23(36)30-25(19-14-26-10-8-24(19,3)22(34)35)29-9-7-11-32(25)16-12-17(21(33)31(4)6-2)20-18(13-16)28-15-37-20/h7,9,11-13,15,19,26H,5-6,8,10,14H2,1-4H3,(H,34,35)(H2,27,30,36). The van der Waals surface area contributed by atoms with Crippen LogP contribution >= 0.6 is 11.3 Å². The van der Waals surface area contributed by atoms with E-state index in [2.05, 4.69) is 20.9 Å². The van der Waals surface area contributed by atoms with Gasteiger partial charge in [0.25, 0.3) is 5.91 Å². The number of fused-ring (bicyclic) bond motifs is 1. The van der Waals surface area contributed by atoms with E-state index in [0.29, 0.717) is 49.4 Å². The number of anilines is 1. The largest absolute Gasteiger partial charge is 0.481 e. The number of carboxylic acids is 1. The van der Waals surface area contributed by atoms with Gasteiger partial charge in [-0.05, 0) is 51.9 Å². The topological polar surface area (TPSA) is 139 Å². The number of carbonyl (C=O) groups excluding carboxylic acids is 2. The number of nitrogens with zero attached hydrogens (tertiary/aromatic N) is 4. The second-order valence-corrected chi connectivity index (χ2v) is 10.3. The zero-order valence-electron chi connectivity index (χ0n) is 21.4. The molecule has 0 aliphatic carbocycles. The van der Waals surface area contributed by atoms with E-state index in [9.17, 15) is 19.5 Å². The van der Waals surface area contributed by atoms with Crippen LogP contribution in [-0.4, -0.2) is 78.1 Å². The molecule has 11 nitrogen and oxygen atoms in total. The molecule has 198 valence electrons. The van der Waals surface area contributed by atoms with Crippen LogP contribution in [0.1, 0.15) is 37.6 Å². The van der Waals surface area contributed by atoms with E-state index >= 15 is 0 Å². The molecule has 3 heterocycles. The zero-order valence-corrected chi connectivity index (χ0v) is 22.3. The van der Waals surface area contributed by atoms with E-state index in [4.69, 9.17) is 4.99 Å². The smallest absolute Gasteiger partial charge is 0.318 e. The van der Waals surface area contributed by atoms with Crippen LogP contribution in [0.4, 0.5) is 10.5 Å². The summed E-state index contributed by atoms with van der Waals surface area (Å²) in [5.74, 6) is -3.27. The number of allylic oxidation sites excluding steroid dienone is 1. The Bertz CT molecular complexity index is 1260. The summed E-state index contributed by atoms with van der Waals surface area (Å²) in [5, 5.41) is 19.4. The van der Waals surface area contributed by atoms with Crippen molar-refractivity contribution in [3.05, 3.63) is 35.5 Å². The minimum absolute atomic E-state index is 0.153. The normalized spacial score (nSPS) is 25.2. The van der Waals surface area contributed by atoms with Crippen LogP contribution in [0, 0.1) is 11.3 Å². The molecule has 2 aliphatic rings. The fourth-order valence-electron chi connectivity index (χ4n) is 4.99. The third kappa shape index (κ3) is 4.66. The number of aliphatic imine (C=N–C) groups is 1. The summed E-state index contributed by atoms with van der Waals surface area (Å²) in [5.41, 5.74) is 2.17. The molecule has 3 atom stereocenters. The summed E-state index contributed by atoms with van der Waals surface area (Å²) >= 11 is 1.38. The molecule has 37 heavy (non-hydrogen) atoms. The fourth-order valence-corrected chi connectivity index (χ4v) is 5.76. The number of carboxylic acid groups (broad SMARTS) is 1. The molecule has 3 amide bonds. The van der Waals surface area contributed by atoms with Crippen LogP contribution in [0.25, 0.3) is 10.2 Å². The van der Waals surface area contributed by atoms with Gasteiger partial charge in [-0.3, -0.25) is 14.9 Å².